The Morgan fingerprint density at radius 1 is 0.548 bits per heavy atom. The Kier molecular flexibility index (Phi) is 9.39. The number of oxime groups is 2. The molecule has 0 saturated carbocycles. The van der Waals surface area contributed by atoms with Gasteiger partial charge in [-0.3, -0.25) is 4.79 Å². The van der Waals surface area contributed by atoms with Gasteiger partial charge < -0.3 is 14.6 Å². The second-order valence-electron chi connectivity index (χ2n) is 9.64. The van der Waals surface area contributed by atoms with Gasteiger partial charge in [-0.15, -0.1) is 0 Å². The summed E-state index contributed by atoms with van der Waals surface area (Å²) in [5.41, 5.74) is 7.46. The van der Waals surface area contributed by atoms with E-state index in [9.17, 15) is 14.4 Å². The molecule has 0 aliphatic carbocycles. The van der Waals surface area contributed by atoms with Gasteiger partial charge in [-0.25, -0.2) is 9.59 Å². The van der Waals surface area contributed by atoms with Gasteiger partial charge in [-0.05, 0) is 86.0 Å². The fraction of sp³-hybridized carbons (Fsp3) is 0.147. The van der Waals surface area contributed by atoms with Crippen molar-refractivity contribution in [2.45, 2.75) is 34.6 Å². The highest BCUT2D eigenvalue weighted by molar-refractivity contribution is 6.10. The molecule has 0 fully saturated rings. The predicted molar refractivity (Wildman–Crippen MR) is 164 cm³/mol. The number of hydrogen-bond acceptors (Lipinski definition) is 8. The Balaban J connectivity index is 1.71. The molecule has 0 spiro atoms. The molecule has 0 aliphatic heterocycles. The lowest BCUT2D eigenvalue weighted by molar-refractivity contribution is -0.141. The van der Waals surface area contributed by atoms with Crippen LogP contribution in [-0.2, 0) is 19.3 Å². The molecule has 0 saturated heterocycles. The standard InChI is InChI=1S/C34H31N3O5/c1-22-8-6-7-9-33(22)34(40)29-14-20-32(21-15-29)37(30-16-10-27(11-17-30)23(2)35-41-25(4)38)31-18-12-28(13-19-31)24(3)36-42-26(5)39/h6-21H,1-5H3/b35-23+,36-24?. The first kappa shape index (κ1) is 29.6. The first-order valence-corrected chi connectivity index (χ1v) is 13.3. The lowest BCUT2D eigenvalue weighted by atomic mass is 9.99. The summed E-state index contributed by atoms with van der Waals surface area (Å²) in [6, 6.07) is 30.3. The van der Waals surface area contributed by atoms with Gasteiger partial charge in [0.2, 0.25) is 0 Å². The Labute approximate surface area is 244 Å². The molecule has 8 heteroatoms. The van der Waals surface area contributed by atoms with Gasteiger partial charge in [0, 0.05) is 42.0 Å². The van der Waals surface area contributed by atoms with Crippen LogP contribution in [-0.4, -0.2) is 29.1 Å². The summed E-state index contributed by atoms with van der Waals surface area (Å²) >= 11 is 0. The van der Waals surface area contributed by atoms with Crippen molar-refractivity contribution in [1.82, 2.24) is 0 Å². The minimum Gasteiger partial charge on any atom is -0.318 e. The SMILES string of the molecule is CC(=O)ON=C(C)c1ccc(N(c2ccc(C(=O)c3ccccc3C)cc2)c2ccc(/C(C)=N/OC(C)=O)cc2)cc1. The molecule has 0 atom stereocenters. The molecule has 0 N–H and O–H groups in total. The Morgan fingerprint density at radius 3 is 1.31 bits per heavy atom. The van der Waals surface area contributed by atoms with Gasteiger partial charge in [0.25, 0.3) is 0 Å². The van der Waals surface area contributed by atoms with Crippen LogP contribution in [0.4, 0.5) is 17.1 Å². The summed E-state index contributed by atoms with van der Waals surface area (Å²) in [6.07, 6.45) is 0. The van der Waals surface area contributed by atoms with Crippen LogP contribution >= 0.6 is 0 Å². The third kappa shape index (κ3) is 7.22. The summed E-state index contributed by atoms with van der Waals surface area (Å²) in [6.45, 7) is 8.05. The van der Waals surface area contributed by atoms with Gasteiger partial charge >= 0.3 is 11.9 Å². The van der Waals surface area contributed by atoms with E-state index in [0.29, 0.717) is 22.6 Å². The van der Waals surface area contributed by atoms with Crippen molar-refractivity contribution in [1.29, 1.82) is 0 Å². The first-order chi connectivity index (χ1) is 20.1. The van der Waals surface area contributed by atoms with Crippen LogP contribution in [0.15, 0.2) is 107 Å². The average molecular weight is 562 g/mol. The van der Waals surface area contributed by atoms with Gasteiger partial charge in [0.1, 0.15) is 0 Å². The summed E-state index contributed by atoms with van der Waals surface area (Å²) in [5.74, 6) is -1.01. The van der Waals surface area contributed by atoms with Crippen LogP contribution < -0.4 is 4.90 Å². The van der Waals surface area contributed by atoms with Gasteiger partial charge in [-0.1, -0.05) is 58.8 Å². The molecule has 0 unspecified atom stereocenters. The molecule has 0 bridgehead atoms. The lowest BCUT2D eigenvalue weighted by Crippen LogP contribution is -2.11. The summed E-state index contributed by atoms with van der Waals surface area (Å²) in [4.78, 5) is 47.1. The maximum absolute atomic E-state index is 13.2. The van der Waals surface area contributed by atoms with E-state index in [1.54, 1.807) is 13.8 Å². The van der Waals surface area contributed by atoms with E-state index in [4.69, 9.17) is 9.68 Å². The van der Waals surface area contributed by atoms with Crippen LogP contribution in [0.1, 0.15) is 60.3 Å². The van der Waals surface area contributed by atoms with Gasteiger partial charge in [0.05, 0.1) is 11.4 Å². The number of hydrogen-bond donors (Lipinski definition) is 0. The second-order valence-corrected chi connectivity index (χ2v) is 9.64. The highest BCUT2D eigenvalue weighted by atomic mass is 16.7. The second kappa shape index (κ2) is 13.3. The minimum absolute atomic E-state index is 0.0370. The molecule has 0 aliphatic rings. The summed E-state index contributed by atoms with van der Waals surface area (Å²) in [7, 11) is 0. The number of carbonyl (C=O) groups excluding carboxylic acids is 3. The third-order valence-corrected chi connectivity index (χ3v) is 6.49. The zero-order chi connectivity index (χ0) is 30.2. The fourth-order valence-corrected chi connectivity index (χ4v) is 4.27. The molecule has 0 heterocycles. The topological polar surface area (TPSA) is 97.6 Å². The monoisotopic (exact) mass is 561 g/mol. The van der Waals surface area contributed by atoms with Crippen LogP contribution in [0.2, 0.25) is 0 Å². The van der Waals surface area contributed by atoms with Gasteiger partial charge in [-0.2, -0.15) is 0 Å². The summed E-state index contributed by atoms with van der Waals surface area (Å²) in [5, 5.41) is 7.75. The van der Waals surface area contributed by atoms with E-state index in [1.807, 2.05) is 109 Å². The van der Waals surface area contributed by atoms with E-state index in [-0.39, 0.29) is 5.78 Å². The van der Waals surface area contributed by atoms with E-state index in [2.05, 4.69) is 10.3 Å². The smallest absolute Gasteiger partial charge is 0.318 e. The third-order valence-electron chi connectivity index (χ3n) is 6.49. The quantitative estimate of drug-likeness (QED) is 0.0923. The molecular formula is C34H31N3O5. The molecule has 0 amide bonds. The van der Waals surface area contributed by atoms with Crippen LogP contribution in [0.3, 0.4) is 0 Å². The van der Waals surface area contributed by atoms with Crippen molar-refractivity contribution in [3.63, 3.8) is 0 Å². The van der Waals surface area contributed by atoms with Gasteiger partial charge in [0.15, 0.2) is 5.78 Å². The van der Waals surface area contributed by atoms with E-state index >= 15 is 0 Å². The van der Waals surface area contributed by atoms with Crippen LogP contribution in [0.25, 0.3) is 0 Å². The molecule has 8 nitrogen and oxygen atoms in total. The molecule has 4 aromatic carbocycles. The average Bonchev–Trinajstić information content (AvgIpc) is 2.99. The number of benzene rings is 4. The number of ketones is 1. The van der Waals surface area contributed by atoms with Crippen molar-refractivity contribution < 1.29 is 24.1 Å². The number of rotatable bonds is 9. The van der Waals surface area contributed by atoms with Crippen molar-refractivity contribution in [2.24, 2.45) is 10.3 Å². The molecule has 0 radical (unpaired) electrons. The lowest BCUT2D eigenvalue weighted by Gasteiger charge is -2.26. The first-order valence-electron chi connectivity index (χ1n) is 13.3. The van der Waals surface area contributed by atoms with Crippen molar-refractivity contribution in [3.8, 4) is 0 Å². The number of anilines is 3. The molecular weight excluding hydrogens is 530 g/mol. The largest absolute Gasteiger partial charge is 0.331 e. The van der Waals surface area contributed by atoms with E-state index in [0.717, 1.165) is 33.8 Å². The number of carbonyl (C=O) groups is 3. The van der Waals surface area contributed by atoms with E-state index in [1.165, 1.54) is 13.8 Å². The molecule has 4 aromatic rings. The van der Waals surface area contributed by atoms with Crippen LogP contribution in [0.5, 0.6) is 0 Å². The maximum atomic E-state index is 13.2. The minimum atomic E-state index is -0.488. The zero-order valence-electron chi connectivity index (χ0n) is 24.1. The highest BCUT2D eigenvalue weighted by Gasteiger charge is 2.16. The van der Waals surface area contributed by atoms with Crippen molar-refractivity contribution in [2.75, 3.05) is 4.90 Å². The van der Waals surface area contributed by atoms with Crippen molar-refractivity contribution >= 4 is 46.2 Å². The number of aryl methyl sites for hydroxylation is 1. The molecule has 212 valence electrons. The molecule has 0 aromatic heterocycles. The Hall–Kier alpha value is -5.37. The maximum Gasteiger partial charge on any atom is 0.331 e. The van der Waals surface area contributed by atoms with E-state index < -0.39 is 11.9 Å². The number of nitrogens with zero attached hydrogens (tertiary/aromatic N) is 3. The fourth-order valence-electron chi connectivity index (χ4n) is 4.27. The predicted octanol–water partition coefficient (Wildman–Crippen LogP) is 7.27. The summed E-state index contributed by atoms with van der Waals surface area (Å²) < 4.78 is 0. The highest BCUT2D eigenvalue weighted by Crippen LogP contribution is 2.35. The van der Waals surface area contributed by atoms with Crippen LogP contribution in [0, 0.1) is 6.92 Å². The Morgan fingerprint density at radius 2 is 0.929 bits per heavy atom. The Bertz CT molecular complexity index is 1580. The normalized spacial score (nSPS) is 11.5. The van der Waals surface area contributed by atoms with Crippen molar-refractivity contribution in [3.05, 3.63) is 125 Å². The zero-order valence-corrected chi connectivity index (χ0v) is 24.1. The molecule has 42 heavy (non-hydrogen) atoms. The molecule has 4 rings (SSSR count).